The Labute approximate surface area is 113 Å². The van der Waals surface area contributed by atoms with E-state index in [9.17, 15) is 9.18 Å². The summed E-state index contributed by atoms with van der Waals surface area (Å²) in [5, 5.41) is 5.89. The van der Waals surface area contributed by atoms with E-state index >= 15 is 0 Å². The summed E-state index contributed by atoms with van der Waals surface area (Å²) in [6, 6.07) is 1.24. The first-order valence-corrected chi connectivity index (χ1v) is 6.66. The summed E-state index contributed by atoms with van der Waals surface area (Å²) in [5.74, 6) is -0.0644. The first-order chi connectivity index (χ1) is 8.95. The van der Waals surface area contributed by atoms with Crippen LogP contribution in [0.4, 0.5) is 10.2 Å². The van der Waals surface area contributed by atoms with Crippen molar-refractivity contribution in [1.29, 1.82) is 0 Å². The first-order valence-electron chi connectivity index (χ1n) is 6.66. The third-order valence-electron chi connectivity index (χ3n) is 3.00. The molecule has 19 heavy (non-hydrogen) atoms. The van der Waals surface area contributed by atoms with E-state index in [-0.39, 0.29) is 17.5 Å². The Hall–Kier alpha value is -1.65. The minimum absolute atomic E-state index is 0.0230. The van der Waals surface area contributed by atoms with Gasteiger partial charge in [-0.3, -0.25) is 4.79 Å². The van der Waals surface area contributed by atoms with E-state index in [0.717, 1.165) is 12.6 Å². The molecule has 106 valence electrons. The molecule has 1 amide bonds. The number of amides is 1. The first kappa shape index (κ1) is 15.4. The maximum absolute atomic E-state index is 13.3. The molecule has 1 heterocycles. The highest BCUT2D eigenvalue weighted by Crippen LogP contribution is 2.14. The quantitative estimate of drug-likeness (QED) is 0.833. The topological polar surface area (TPSA) is 54.0 Å². The van der Waals surface area contributed by atoms with E-state index in [1.165, 1.54) is 6.07 Å². The second-order valence-corrected chi connectivity index (χ2v) is 4.98. The predicted octanol–water partition coefficient (Wildman–Crippen LogP) is 2.82. The van der Waals surface area contributed by atoms with Crippen LogP contribution in [0.25, 0.3) is 0 Å². The van der Waals surface area contributed by atoms with Crippen LogP contribution in [0.3, 0.4) is 0 Å². The van der Waals surface area contributed by atoms with E-state index in [4.69, 9.17) is 0 Å². The summed E-state index contributed by atoms with van der Waals surface area (Å²) in [6.45, 7) is 8.67. The lowest BCUT2D eigenvalue weighted by Crippen LogP contribution is -2.36. The number of anilines is 1. The van der Waals surface area contributed by atoms with Gasteiger partial charge < -0.3 is 10.6 Å². The highest BCUT2D eigenvalue weighted by atomic mass is 19.1. The molecule has 0 aliphatic heterocycles. The van der Waals surface area contributed by atoms with E-state index in [2.05, 4.69) is 15.6 Å². The number of halogens is 1. The van der Waals surface area contributed by atoms with Crippen molar-refractivity contribution in [3.05, 3.63) is 23.6 Å². The minimum atomic E-state index is -0.510. The zero-order chi connectivity index (χ0) is 14.4. The summed E-state index contributed by atoms with van der Waals surface area (Å²) in [6.07, 6.45) is 2.02. The zero-order valence-corrected chi connectivity index (χ0v) is 12.0. The number of hydrogen-bond acceptors (Lipinski definition) is 3. The second-order valence-electron chi connectivity index (χ2n) is 4.98. The van der Waals surface area contributed by atoms with Crippen molar-refractivity contribution in [2.24, 2.45) is 5.92 Å². The van der Waals surface area contributed by atoms with Gasteiger partial charge in [0.05, 0.1) is 11.8 Å². The Morgan fingerprint density at radius 2 is 2.11 bits per heavy atom. The van der Waals surface area contributed by atoms with Crippen LogP contribution in [0.1, 0.15) is 44.5 Å². The molecule has 0 saturated carbocycles. The highest BCUT2D eigenvalue weighted by molar-refractivity contribution is 5.98. The van der Waals surface area contributed by atoms with Crippen LogP contribution >= 0.6 is 0 Å². The maximum atomic E-state index is 13.3. The Balaban J connectivity index is 2.90. The Morgan fingerprint density at radius 1 is 1.42 bits per heavy atom. The fourth-order valence-corrected chi connectivity index (χ4v) is 1.45. The van der Waals surface area contributed by atoms with Gasteiger partial charge in [-0.2, -0.15) is 0 Å². The summed E-state index contributed by atoms with van der Waals surface area (Å²) in [7, 11) is 0. The molecule has 0 saturated heterocycles. The number of aromatic nitrogens is 1. The van der Waals surface area contributed by atoms with Crippen LogP contribution in [0.5, 0.6) is 0 Å². The number of rotatable bonds is 6. The number of carbonyl (C=O) groups excluding carboxylic acids is 1. The zero-order valence-electron chi connectivity index (χ0n) is 12.0. The van der Waals surface area contributed by atoms with Crippen molar-refractivity contribution in [3.8, 4) is 0 Å². The average molecular weight is 267 g/mol. The standard InChI is InChI=1S/C14H22FN3O/c1-5-6-16-13-12(7-11(15)8-17-13)14(19)18-10(4)9(2)3/h7-10H,5-6H2,1-4H3,(H,16,17)(H,18,19). The molecule has 2 N–H and O–H groups in total. The van der Waals surface area contributed by atoms with Crippen molar-refractivity contribution >= 4 is 11.7 Å². The molecule has 0 bridgehead atoms. The predicted molar refractivity (Wildman–Crippen MR) is 74.7 cm³/mol. The smallest absolute Gasteiger partial charge is 0.255 e. The van der Waals surface area contributed by atoms with Crippen LogP contribution in [0.15, 0.2) is 12.3 Å². The molecule has 4 nitrogen and oxygen atoms in total. The molecule has 0 fully saturated rings. The molecular weight excluding hydrogens is 245 g/mol. The minimum Gasteiger partial charge on any atom is -0.369 e. The number of hydrogen-bond donors (Lipinski definition) is 2. The van der Waals surface area contributed by atoms with Gasteiger partial charge in [0.2, 0.25) is 0 Å². The molecule has 1 unspecified atom stereocenters. The average Bonchev–Trinajstić information content (AvgIpc) is 2.36. The lowest BCUT2D eigenvalue weighted by atomic mass is 10.1. The molecule has 1 atom stereocenters. The van der Waals surface area contributed by atoms with Gasteiger partial charge in [-0.05, 0) is 25.3 Å². The van der Waals surface area contributed by atoms with Crippen LogP contribution < -0.4 is 10.6 Å². The maximum Gasteiger partial charge on any atom is 0.255 e. The molecule has 1 aromatic rings. The van der Waals surface area contributed by atoms with Crippen LogP contribution in [-0.4, -0.2) is 23.5 Å². The van der Waals surface area contributed by atoms with Gasteiger partial charge in [0.1, 0.15) is 11.6 Å². The molecule has 0 aromatic carbocycles. The van der Waals surface area contributed by atoms with Gasteiger partial charge >= 0.3 is 0 Å². The van der Waals surface area contributed by atoms with Crippen molar-refractivity contribution in [2.75, 3.05) is 11.9 Å². The van der Waals surface area contributed by atoms with Gasteiger partial charge in [-0.25, -0.2) is 9.37 Å². The molecule has 0 aliphatic carbocycles. The largest absolute Gasteiger partial charge is 0.369 e. The number of nitrogens with zero attached hydrogens (tertiary/aromatic N) is 1. The lowest BCUT2D eigenvalue weighted by Gasteiger charge is -2.18. The normalized spacial score (nSPS) is 12.3. The van der Waals surface area contributed by atoms with Crippen molar-refractivity contribution in [2.45, 2.75) is 40.2 Å². The Morgan fingerprint density at radius 3 is 2.68 bits per heavy atom. The van der Waals surface area contributed by atoms with Crippen molar-refractivity contribution < 1.29 is 9.18 Å². The molecular formula is C14H22FN3O. The monoisotopic (exact) mass is 267 g/mol. The van der Waals surface area contributed by atoms with Gasteiger partial charge in [0.25, 0.3) is 5.91 Å². The van der Waals surface area contributed by atoms with E-state index in [0.29, 0.717) is 18.3 Å². The fraction of sp³-hybridized carbons (Fsp3) is 0.571. The summed E-state index contributed by atoms with van der Waals surface area (Å²) in [4.78, 5) is 16.1. The molecule has 0 aliphatic rings. The van der Waals surface area contributed by atoms with Gasteiger partial charge in [-0.15, -0.1) is 0 Å². The van der Waals surface area contributed by atoms with E-state index < -0.39 is 5.82 Å². The third-order valence-corrected chi connectivity index (χ3v) is 3.00. The molecule has 5 heteroatoms. The Kier molecular flexibility index (Phi) is 5.73. The molecule has 1 rings (SSSR count). The summed E-state index contributed by atoms with van der Waals surface area (Å²) < 4.78 is 13.3. The lowest BCUT2D eigenvalue weighted by molar-refractivity contribution is 0.0930. The number of nitrogens with one attached hydrogen (secondary N) is 2. The fourth-order valence-electron chi connectivity index (χ4n) is 1.45. The Bertz CT molecular complexity index is 435. The summed E-state index contributed by atoms with van der Waals surface area (Å²) in [5.41, 5.74) is 0.251. The van der Waals surface area contributed by atoms with Crippen molar-refractivity contribution in [3.63, 3.8) is 0 Å². The third kappa shape index (κ3) is 4.50. The number of pyridine rings is 1. The highest BCUT2D eigenvalue weighted by Gasteiger charge is 2.17. The van der Waals surface area contributed by atoms with Crippen LogP contribution in [-0.2, 0) is 0 Å². The summed E-state index contributed by atoms with van der Waals surface area (Å²) >= 11 is 0. The van der Waals surface area contributed by atoms with E-state index in [1.807, 2.05) is 27.7 Å². The van der Waals surface area contributed by atoms with Crippen molar-refractivity contribution in [1.82, 2.24) is 10.3 Å². The van der Waals surface area contributed by atoms with Gasteiger partial charge in [-0.1, -0.05) is 20.8 Å². The van der Waals surface area contributed by atoms with E-state index in [1.54, 1.807) is 0 Å². The van der Waals surface area contributed by atoms with Crippen LogP contribution in [0, 0.1) is 11.7 Å². The molecule has 0 radical (unpaired) electrons. The number of carbonyl (C=O) groups is 1. The van der Waals surface area contributed by atoms with Gasteiger partial charge in [0, 0.05) is 12.6 Å². The molecule has 1 aromatic heterocycles. The van der Waals surface area contributed by atoms with Gasteiger partial charge in [0.15, 0.2) is 0 Å². The SMILES string of the molecule is CCCNc1ncc(F)cc1C(=O)NC(C)C(C)C. The second kappa shape index (κ2) is 7.07. The molecule has 0 spiro atoms. The van der Waals surface area contributed by atoms with Crippen LogP contribution in [0.2, 0.25) is 0 Å².